The summed E-state index contributed by atoms with van der Waals surface area (Å²) in [7, 11) is 1.81. The lowest BCUT2D eigenvalue weighted by Gasteiger charge is -2.33. The van der Waals surface area contributed by atoms with Crippen molar-refractivity contribution in [2.75, 3.05) is 33.2 Å². The molecule has 84 valence electrons. The molecule has 0 aromatic heterocycles. The molecule has 1 atom stereocenters. The van der Waals surface area contributed by atoms with Crippen molar-refractivity contribution in [2.45, 2.75) is 19.0 Å². The monoisotopic (exact) mass is 210 g/mol. The molecule has 1 aliphatic rings. The molecule has 0 amide bonds. The molecule has 0 aromatic carbocycles. The number of hydrogen-bond acceptors (Lipinski definition) is 2. The summed E-state index contributed by atoms with van der Waals surface area (Å²) in [6.45, 7) is 2.44. The summed E-state index contributed by atoms with van der Waals surface area (Å²) in [6, 6.07) is 0. The standard InChI is InChI=1S/C9H17F3N2/c1-13-4-6-14-5-2-3-8(7-14)9(10,11)12/h8,13H,2-7H2,1H3. The first-order chi connectivity index (χ1) is 6.54. The van der Waals surface area contributed by atoms with E-state index in [-0.39, 0.29) is 6.54 Å². The zero-order valence-corrected chi connectivity index (χ0v) is 8.40. The van der Waals surface area contributed by atoms with E-state index in [1.165, 1.54) is 0 Å². The van der Waals surface area contributed by atoms with Crippen molar-refractivity contribution in [3.8, 4) is 0 Å². The van der Waals surface area contributed by atoms with Gasteiger partial charge in [-0.05, 0) is 26.4 Å². The molecule has 0 aliphatic carbocycles. The van der Waals surface area contributed by atoms with Crippen LogP contribution in [0, 0.1) is 5.92 Å². The maximum atomic E-state index is 12.4. The molecule has 1 fully saturated rings. The first-order valence-corrected chi connectivity index (χ1v) is 4.97. The van der Waals surface area contributed by atoms with Gasteiger partial charge in [-0.25, -0.2) is 0 Å². The third kappa shape index (κ3) is 3.46. The molecule has 0 radical (unpaired) electrons. The second-order valence-corrected chi connectivity index (χ2v) is 3.78. The molecule has 1 unspecified atom stereocenters. The number of likely N-dealkylation sites (N-methyl/N-ethyl adjacent to an activating group) is 1. The molecule has 1 heterocycles. The molecule has 0 spiro atoms. The van der Waals surface area contributed by atoms with Gasteiger partial charge in [0.05, 0.1) is 5.92 Å². The number of rotatable bonds is 3. The van der Waals surface area contributed by atoms with Crippen LogP contribution < -0.4 is 5.32 Å². The summed E-state index contributed by atoms with van der Waals surface area (Å²) in [5.41, 5.74) is 0. The van der Waals surface area contributed by atoms with Gasteiger partial charge in [0.25, 0.3) is 0 Å². The first kappa shape index (κ1) is 11.8. The van der Waals surface area contributed by atoms with Gasteiger partial charge in [0, 0.05) is 19.6 Å². The Morgan fingerprint density at radius 1 is 1.43 bits per heavy atom. The van der Waals surface area contributed by atoms with Crippen LogP contribution in [0.25, 0.3) is 0 Å². The second-order valence-electron chi connectivity index (χ2n) is 3.78. The van der Waals surface area contributed by atoms with Crippen LogP contribution in [0.2, 0.25) is 0 Å². The highest BCUT2D eigenvalue weighted by Gasteiger charge is 2.41. The molecule has 1 saturated heterocycles. The van der Waals surface area contributed by atoms with Crippen molar-refractivity contribution < 1.29 is 13.2 Å². The van der Waals surface area contributed by atoms with Gasteiger partial charge in [-0.3, -0.25) is 0 Å². The zero-order chi connectivity index (χ0) is 10.6. The van der Waals surface area contributed by atoms with Gasteiger partial charge < -0.3 is 10.2 Å². The normalized spacial score (nSPS) is 25.3. The smallest absolute Gasteiger partial charge is 0.318 e. The largest absolute Gasteiger partial charge is 0.393 e. The predicted molar refractivity (Wildman–Crippen MR) is 49.1 cm³/mol. The Kier molecular flexibility index (Phi) is 4.19. The van der Waals surface area contributed by atoms with Gasteiger partial charge >= 0.3 is 6.18 Å². The lowest BCUT2D eigenvalue weighted by atomic mass is 9.97. The lowest BCUT2D eigenvalue weighted by molar-refractivity contribution is -0.186. The highest BCUT2D eigenvalue weighted by Crippen LogP contribution is 2.32. The fourth-order valence-corrected chi connectivity index (χ4v) is 1.80. The van der Waals surface area contributed by atoms with Gasteiger partial charge in [-0.1, -0.05) is 0 Å². The Morgan fingerprint density at radius 2 is 2.14 bits per heavy atom. The summed E-state index contributed by atoms with van der Waals surface area (Å²) in [5, 5.41) is 2.95. The number of piperidine rings is 1. The third-order valence-electron chi connectivity index (χ3n) is 2.65. The summed E-state index contributed by atoms with van der Waals surface area (Å²) in [6.07, 6.45) is -3.06. The number of nitrogens with zero attached hydrogens (tertiary/aromatic N) is 1. The molecule has 14 heavy (non-hydrogen) atoms. The fourth-order valence-electron chi connectivity index (χ4n) is 1.80. The molecule has 0 saturated carbocycles. The van der Waals surface area contributed by atoms with Crippen LogP contribution in [0.5, 0.6) is 0 Å². The Bertz CT molecular complexity index is 170. The van der Waals surface area contributed by atoms with E-state index in [1.54, 1.807) is 0 Å². The van der Waals surface area contributed by atoms with Crippen molar-refractivity contribution >= 4 is 0 Å². The molecule has 1 aliphatic heterocycles. The van der Waals surface area contributed by atoms with Gasteiger partial charge in [0.2, 0.25) is 0 Å². The Balaban J connectivity index is 2.36. The minimum Gasteiger partial charge on any atom is -0.318 e. The van der Waals surface area contributed by atoms with Crippen molar-refractivity contribution in [1.29, 1.82) is 0 Å². The number of nitrogens with one attached hydrogen (secondary N) is 1. The molecule has 1 N–H and O–H groups in total. The van der Waals surface area contributed by atoms with Crippen molar-refractivity contribution in [1.82, 2.24) is 10.2 Å². The molecule has 5 heteroatoms. The number of halogens is 3. The summed E-state index contributed by atoms with van der Waals surface area (Å²) < 4.78 is 37.2. The van der Waals surface area contributed by atoms with E-state index in [0.29, 0.717) is 19.4 Å². The molecular weight excluding hydrogens is 193 g/mol. The minimum absolute atomic E-state index is 0.172. The Morgan fingerprint density at radius 3 is 2.71 bits per heavy atom. The Labute approximate surface area is 82.5 Å². The quantitative estimate of drug-likeness (QED) is 0.759. The predicted octanol–water partition coefficient (Wildman–Crippen LogP) is 1.48. The fraction of sp³-hybridized carbons (Fsp3) is 1.00. The van der Waals surface area contributed by atoms with Crippen LogP contribution in [0.4, 0.5) is 13.2 Å². The molecule has 1 rings (SSSR count). The van der Waals surface area contributed by atoms with E-state index < -0.39 is 12.1 Å². The average molecular weight is 210 g/mol. The van der Waals surface area contributed by atoms with E-state index in [1.807, 2.05) is 11.9 Å². The van der Waals surface area contributed by atoms with Gasteiger partial charge in [-0.2, -0.15) is 13.2 Å². The third-order valence-corrected chi connectivity index (χ3v) is 2.65. The minimum atomic E-state index is -4.02. The van der Waals surface area contributed by atoms with Crippen LogP contribution in [-0.2, 0) is 0 Å². The van der Waals surface area contributed by atoms with E-state index in [9.17, 15) is 13.2 Å². The highest BCUT2D eigenvalue weighted by molar-refractivity contribution is 4.78. The highest BCUT2D eigenvalue weighted by atomic mass is 19.4. The van der Waals surface area contributed by atoms with Crippen LogP contribution in [0.15, 0.2) is 0 Å². The van der Waals surface area contributed by atoms with Crippen molar-refractivity contribution in [3.05, 3.63) is 0 Å². The average Bonchev–Trinajstić information content (AvgIpc) is 2.14. The topological polar surface area (TPSA) is 15.3 Å². The van der Waals surface area contributed by atoms with Crippen LogP contribution in [0.3, 0.4) is 0 Å². The Hall–Kier alpha value is -0.290. The molecular formula is C9H17F3N2. The maximum Gasteiger partial charge on any atom is 0.393 e. The molecule has 0 aromatic rings. The van der Waals surface area contributed by atoms with E-state index >= 15 is 0 Å². The van der Waals surface area contributed by atoms with Crippen LogP contribution in [0.1, 0.15) is 12.8 Å². The summed E-state index contributed by atoms with van der Waals surface area (Å²) in [4.78, 5) is 1.89. The number of hydrogen-bond donors (Lipinski definition) is 1. The van der Waals surface area contributed by atoms with Crippen LogP contribution in [-0.4, -0.2) is 44.3 Å². The van der Waals surface area contributed by atoms with E-state index in [2.05, 4.69) is 5.32 Å². The summed E-state index contributed by atoms with van der Waals surface area (Å²) >= 11 is 0. The maximum absolute atomic E-state index is 12.4. The second kappa shape index (κ2) is 4.98. The first-order valence-electron chi connectivity index (χ1n) is 4.97. The molecule has 0 bridgehead atoms. The number of alkyl halides is 3. The van der Waals surface area contributed by atoms with Gasteiger partial charge in [0.15, 0.2) is 0 Å². The van der Waals surface area contributed by atoms with Crippen LogP contribution >= 0.6 is 0 Å². The zero-order valence-electron chi connectivity index (χ0n) is 8.40. The van der Waals surface area contributed by atoms with Crippen molar-refractivity contribution in [3.63, 3.8) is 0 Å². The summed E-state index contributed by atoms with van der Waals surface area (Å²) in [5.74, 6) is -1.12. The van der Waals surface area contributed by atoms with E-state index in [4.69, 9.17) is 0 Å². The lowest BCUT2D eigenvalue weighted by Crippen LogP contribution is -2.43. The number of likely N-dealkylation sites (tertiary alicyclic amines) is 1. The van der Waals surface area contributed by atoms with Gasteiger partial charge in [0.1, 0.15) is 0 Å². The van der Waals surface area contributed by atoms with Crippen molar-refractivity contribution in [2.24, 2.45) is 5.92 Å². The SMILES string of the molecule is CNCCN1CCCC(C(F)(F)F)C1. The molecule has 2 nitrogen and oxygen atoms in total. The van der Waals surface area contributed by atoms with E-state index in [0.717, 1.165) is 13.1 Å². The van der Waals surface area contributed by atoms with Gasteiger partial charge in [-0.15, -0.1) is 0 Å².